The van der Waals surface area contributed by atoms with E-state index in [0.717, 1.165) is 24.0 Å². The van der Waals surface area contributed by atoms with Crippen LogP contribution in [-0.4, -0.2) is 118 Å². The number of aliphatic imine (C=N–C) groups is 1. The molecule has 1 aliphatic carbocycles. The molecule has 2 aromatic rings. The summed E-state index contributed by atoms with van der Waals surface area (Å²) in [6, 6.07) is 15.7. The number of ether oxygens (including phenoxy) is 3. The average Bonchev–Trinajstić information content (AvgIpc) is 4.05. The quantitative estimate of drug-likeness (QED) is 0.0812. The molecule has 6 amide bonds. The van der Waals surface area contributed by atoms with Gasteiger partial charge in [-0.2, -0.15) is 0 Å². The molecule has 0 bridgehead atoms. The lowest BCUT2D eigenvalue weighted by Gasteiger charge is -2.37. The Kier molecular flexibility index (Phi) is 19.7. The number of rotatable bonds is 18. The van der Waals surface area contributed by atoms with E-state index in [0.29, 0.717) is 38.8 Å². The van der Waals surface area contributed by atoms with Crippen molar-refractivity contribution in [1.82, 2.24) is 31.5 Å². The Morgan fingerprint density at radius 2 is 1.28 bits per heavy atom. The standard InChI is InChI=1S/C50H75N7O10/c1-32(65-48(2,3)4)40(54-42(60)37(25-21-33-17-13-11-14-18-33)52-39(58)26-22-34-19-15-12-16-20-34)43(61)53-38(41(59)44(62)51-36-23-24-36)31-35-27-29-57(30-28-35)45(55-46(63)66-49(5,6)7)56-47(64)67-50(8,9)10/h11-20,32,35-38,40-41,59H,21-31H2,1-10H3,(H,51,62)(H,52,58)(H,53,61)(H,54,60)(H,55,56,63,64)/t32-,37+,38+,40+,41?/m1/s1. The lowest BCUT2D eigenvalue weighted by atomic mass is 9.88. The van der Waals surface area contributed by atoms with Crippen LogP contribution < -0.4 is 26.6 Å². The Labute approximate surface area is 396 Å². The number of nitrogens with one attached hydrogen (secondary N) is 5. The topological polar surface area (TPSA) is 226 Å². The van der Waals surface area contributed by atoms with Crippen LogP contribution in [-0.2, 0) is 46.2 Å². The first-order chi connectivity index (χ1) is 31.3. The van der Waals surface area contributed by atoms with Gasteiger partial charge in [-0.15, -0.1) is 4.99 Å². The average molecular weight is 934 g/mol. The molecule has 5 atom stereocenters. The fraction of sp³-hybridized carbons (Fsp3) is 0.620. The van der Waals surface area contributed by atoms with E-state index in [-0.39, 0.29) is 43.1 Å². The van der Waals surface area contributed by atoms with Crippen molar-refractivity contribution in [2.24, 2.45) is 10.9 Å². The van der Waals surface area contributed by atoms with Crippen LogP contribution in [0.1, 0.15) is 125 Å². The van der Waals surface area contributed by atoms with E-state index in [9.17, 15) is 33.9 Å². The monoisotopic (exact) mass is 934 g/mol. The van der Waals surface area contributed by atoms with Crippen molar-refractivity contribution in [2.75, 3.05) is 13.1 Å². The molecule has 1 saturated heterocycles. The molecule has 2 fully saturated rings. The summed E-state index contributed by atoms with van der Waals surface area (Å²) in [7, 11) is 0. The van der Waals surface area contributed by atoms with Crippen molar-refractivity contribution in [3.05, 3.63) is 71.8 Å². The number of nitrogens with zero attached hydrogens (tertiary/aromatic N) is 2. The number of guanidine groups is 1. The van der Waals surface area contributed by atoms with E-state index >= 15 is 0 Å². The Bertz CT molecular complexity index is 1980. The van der Waals surface area contributed by atoms with Crippen LogP contribution in [0.5, 0.6) is 0 Å². The van der Waals surface area contributed by atoms with Gasteiger partial charge >= 0.3 is 12.2 Å². The first-order valence-corrected chi connectivity index (χ1v) is 23.5. The van der Waals surface area contributed by atoms with Crippen LogP contribution >= 0.6 is 0 Å². The van der Waals surface area contributed by atoms with Gasteiger partial charge in [-0.25, -0.2) is 9.59 Å². The third-order valence-electron chi connectivity index (χ3n) is 10.9. The van der Waals surface area contributed by atoms with Crippen LogP contribution in [0, 0.1) is 5.92 Å². The molecule has 67 heavy (non-hydrogen) atoms. The SMILES string of the molecule is C[C@@H](OC(C)(C)C)[C@H](NC(=O)[C@H](CCc1ccccc1)NC(=O)CCc1ccccc1)C(=O)N[C@@H](CC1CCN(/C(=N/C(=O)OC(C)(C)C)NC(=O)OC(C)(C)C)CC1)C(O)C(=O)NC1CC1. The fourth-order valence-electron chi connectivity index (χ4n) is 7.59. The number of aryl methyl sites for hydroxylation is 2. The number of hydrogen-bond donors (Lipinski definition) is 6. The zero-order chi connectivity index (χ0) is 49.5. The van der Waals surface area contributed by atoms with Crippen molar-refractivity contribution in [3.63, 3.8) is 0 Å². The van der Waals surface area contributed by atoms with Crippen LogP contribution in [0.3, 0.4) is 0 Å². The van der Waals surface area contributed by atoms with Crippen LogP contribution in [0.25, 0.3) is 0 Å². The maximum atomic E-state index is 14.6. The van der Waals surface area contributed by atoms with Gasteiger partial charge in [0.15, 0.2) is 6.10 Å². The molecule has 1 unspecified atom stereocenters. The minimum atomic E-state index is -1.64. The summed E-state index contributed by atoms with van der Waals surface area (Å²) in [5.74, 6) is -2.42. The van der Waals surface area contributed by atoms with Crippen molar-refractivity contribution >= 4 is 41.8 Å². The van der Waals surface area contributed by atoms with Gasteiger partial charge in [-0.3, -0.25) is 24.5 Å². The van der Waals surface area contributed by atoms with Crippen LogP contribution in [0.15, 0.2) is 65.7 Å². The molecule has 1 heterocycles. The number of alkyl carbamates (subject to hydrolysis) is 1. The fourth-order valence-corrected chi connectivity index (χ4v) is 7.59. The smallest absolute Gasteiger partial charge is 0.437 e. The summed E-state index contributed by atoms with van der Waals surface area (Å²) in [5.41, 5.74) is -0.440. The van der Waals surface area contributed by atoms with E-state index in [2.05, 4.69) is 31.6 Å². The number of carbonyl (C=O) groups is 6. The first kappa shape index (κ1) is 54.1. The summed E-state index contributed by atoms with van der Waals surface area (Å²) in [5, 5.41) is 25.7. The van der Waals surface area contributed by atoms with Gasteiger partial charge in [-0.1, -0.05) is 60.7 Å². The lowest BCUT2D eigenvalue weighted by molar-refractivity contribution is -0.140. The number of aliphatic hydroxyl groups is 1. The molecule has 0 aromatic heterocycles. The molecule has 17 nitrogen and oxygen atoms in total. The van der Waals surface area contributed by atoms with Crippen molar-refractivity contribution < 1.29 is 48.1 Å². The number of amides is 6. The molecular weight excluding hydrogens is 859 g/mol. The summed E-state index contributed by atoms with van der Waals surface area (Å²) >= 11 is 0. The highest BCUT2D eigenvalue weighted by molar-refractivity contribution is 5.99. The molecule has 1 saturated carbocycles. The molecule has 2 aromatic carbocycles. The summed E-state index contributed by atoms with van der Waals surface area (Å²) < 4.78 is 17.1. The second-order valence-electron chi connectivity index (χ2n) is 20.6. The number of hydrogen-bond acceptors (Lipinski definition) is 10. The Balaban J connectivity index is 1.55. The second-order valence-corrected chi connectivity index (χ2v) is 20.6. The molecule has 6 N–H and O–H groups in total. The minimum Gasteiger partial charge on any atom is -0.444 e. The normalized spacial score (nSPS) is 17.2. The predicted molar refractivity (Wildman–Crippen MR) is 255 cm³/mol. The van der Waals surface area contributed by atoms with Crippen LogP contribution in [0.4, 0.5) is 9.59 Å². The van der Waals surface area contributed by atoms with Gasteiger partial charge < -0.3 is 45.5 Å². The van der Waals surface area contributed by atoms with Gasteiger partial charge in [0, 0.05) is 25.6 Å². The van der Waals surface area contributed by atoms with E-state index in [1.165, 1.54) is 0 Å². The van der Waals surface area contributed by atoms with E-state index in [1.54, 1.807) is 53.4 Å². The molecule has 1 aliphatic heterocycles. The second kappa shape index (κ2) is 24.5. The van der Waals surface area contributed by atoms with Gasteiger partial charge in [0.1, 0.15) is 23.3 Å². The van der Waals surface area contributed by atoms with E-state index in [1.807, 2.05) is 81.4 Å². The maximum Gasteiger partial charge on any atom is 0.437 e. The minimum absolute atomic E-state index is 0.0449. The molecule has 370 valence electrons. The third kappa shape index (κ3) is 20.5. The Hall–Kier alpha value is -5.55. The molecule has 0 radical (unpaired) electrons. The summed E-state index contributed by atoms with van der Waals surface area (Å²) in [6.45, 7) is 18.0. The van der Waals surface area contributed by atoms with Crippen molar-refractivity contribution in [3.8, 4) is 0 Å². The van der Waals surface area contributed by atoms with Crippen LogP contribution in [0.2, 0.25) is 0 Å². The summed E-state index contributed by atoms with van der Waals surface area (Å²) in [4.78, 5) is 87.2. The highest BCUT2D eigenvalue weighted by Crippen LogP contribution is 2.26. The number of likely N-dealkylation sites (tertiary alicyclic amines) is 1. The van der Waals surface area contributed by atoms with Crippen molar-refractivity contribution in [2.45, 2.75) is 180 Å². The summed E-state index contributed by atoms with van der Waals surface area (Å²) in [6.07, 6.45) is -0.245. The lowest BCUT2D eigenvalue weighted by Crippen LogP contribution is -2.61. The van der Waals surface area contributed by atoms with E-state index < -0.39 is 77.0 Å². The zero-order valence-electron chi connectivity index (χ0n) is 41.1. The van der Waals surface area contributed by atoms with Gasteiger partial charge in [0.05, 0.1) is 17.7 Å². The Morgan fingerprint density at radius 3 is 1.82 bits per heavy atom. The molecular formula is C50H75N7O10. The number of carbonyl (C=O) groups excluding carboxylic acids is 6. The first-order valence-electron chi connectivity index (χ1n) is 23.5. The number of piperidine rings is 1. The number of benzene rings is 2. The van der Waals surface area contributed by atoms with Gasteiger partial charge in [0.2, 0.25) is 23.7 Å². The van der Waals surface area contributed by atoms with Gasteiger partial charge in [0.25, 0.3) is 5.91 Å². The molecule has 2 aliphatic rings. The zero-order valence-corrected chi connectivity index (χ0v) is 41.1. The highest BCUT2D eigenvalue weighted by Gasteiger charge is 2.39. The van der Waals surface area contributed by atoms with Crippen molar-refractivity contribution in [1.29, 1.82) is 0 Å². The molecule has 17 heteroatoms. The third-order valence-corrected chi connectivity index (χ3v) is 10.9. The maximum absolute atomic E-state index is 14.6. The van der Waals surface area contributed by atoms with Gasteiger partial charge in [-0.05, 0) is 138 Å². The number of aliphatic hydroxyl groups excluding tert-OH is 1. The largest absolute Gasteiger partial charge is 0.444 e. The van der Waals surface area contributed by atoms with E-state index in [4.69, 9.17) is 14.2 Å². The highest BCUT2D eigenvalue weighted by atomic mass is 16.6. The predicted octanol–water partition coefficient (Wildman–Crippen LogP) is 5.47. The molecule has 0 spiro atoms. The Morgan fingerprint density at radius 1 is 0.716 bits per heavy atom. The molecule has 4 rings (SSSR count).